The van der Waals surface area contributed by atoms with Gasteiger partial charge in [-0.25, -0.2) is 0 Å². The first-order chi connectivity index (χ1) is 9.14. The molecule has 1 aliphatic carbocycles. The SMILES string of the molecule is CNC(CSc1ccccc1Cl)(C(=O)OC)C1CC1. The molecule has 19 heavy (non-hydrogen) atoms. The molecular formula is C14H18ClNO2S. The van der Waals surface area contributed by atoms with Crippen LogP contribution in [0.5, 0.6) is 0 Å². The number of carbonyl (C=O) groups excluding carboxylic acids is 1. The van der Waals surface area contributed by atoms with E-state index in [1.807, 2.05) is 31.3 Å². The predicted octanol–water partition coefficient (Wildman–Crippen LogP) is 2.97. The van der Waals surface area contributed by atoms with Gasteiger partial charge in [0.2, 0.25) is 0 Å². The fourth-order valence-corrected chi connectivity index (χ4v) is 3.79. The first-order valence-electron chi connectivity index (χ1n) is 6.28. The van der Waals surface area contributed by atoms with Crippen LogP contribution >= 0.6 is 23.4 Å². The van der Waals surface area contributed by atoms with E-state index in [4.69, 9.17) is 16.3 Å². The second-order valence-electron chi connectivity index (χ2n) is 4.71. The molecular weight excluding hydrogens is 282 g/mol. The Bertz CT molecular complexity index is 465. The van der Waals surface area contributed by atoms with Crippen LogP contribution in [-0.4, -0.2) is 31.4 Å². The van der Waals surface area contributed by atoms with Crippen LogP contribution in [0.15, 0.2) is 29.2 Å². The number of rotatable bonds is 6. The summed E-state index contributed by atoms with van der Waals surface area (Å²) in [6, 6.07) is 7.68. The number of nitrogens with one attached hydrogen (secondary N) is 1. The molecule has 2 rings (SSSR count). The number of carbonyl (C=O) groups is 1. The third kappa shape index (κ3) is 3.07. The fourth-order valence-electron chi connectivity index (χ4n) is 2.23. The molecule has 0 heterocycles. The maximum Gasteiger partial charge on any atom is 0.327 e. The van der Waals surface area contributed by atoms with Crippen molar-refractivity contribution in [1.82, 2.24) is 5.32 Å². The van der Waals surface area contributed by atoms with E-state index in [9.17, 15) is 4.79 Å². The van der Waals surface area contributed by atoms with Crippen molar-refractivity contribution < 1.29 is 9.53 Å². The van der Waals surface area contributed by atoms with Crippen LogP contribution in [0.3, 0.4) is 0 Å². The monoisotopic (exact) mass is 299 g/mol. The van der Waals surface area contributed by atoms with Gasteiger partial charge in [0.15, 0.2) is 0 Å². The van der Waals surface area contributed by atoms with Crippen LogP contribution < -0.4 is 5.32 Å². The van der Waals surface area contributed by atoms with Crippen LogP contribution in [0, 0.1) is 5.92 Å². The van der Waals surface area contributed by atoms with Crippen molar-refractivity contribution in [2.45, 2.75) is 23.3 Å². The molecule has 1 aromatic rings. The predicted molar refractivity (Wildman–Crippen MR) is 78.7 cm³/mol. The van der Waals surface area contributed by atoms with E-state index in [1.165, 1.54) is 7.11 Å². The zero-order valence-corrected chi connectivity index (χ0v) is 12.7. The molecule has 0 aliphatic heterocycles. The lowest BCUT2D eigenvalue weighted by Crippen LogP contribution is -2.55. The number of thioether (sulfide) groups is 1. The minimum absolute atomic E-state index is 0.183. The quantitative estimate of drug-likeness (QED) is 0.647. The van der Waals surface area contributed by atoms with Gasteiger partial charge in [-0.15, -0.1) is 11.8 Å². The number of esters is 1. The number of ether oxygens (including phenoxy) is 1. The van der Waals surface area contributed by atoms with Gasteiger partial charge in [-0.1, -0.05) is 23.7 Å². The van der Waals surface area contributed by atoms with Gasteiger partial charge in [0, 0.05) is 10.6 Å². The molecule has 0 saturated heterocycles. The molecule has 0 bridgehead atoms. The van der Waals surface area contributed by atoms with Gasteiger partial charge in [-0.2, -0.15) is 0 Å². The van der Waals surface area contributed by atoms with Crippen molar-refractivity contribution >= 4 is 29.3 Å². The second-order valence-corrected chi connectivity index (χ2v) is 6.13. The minimum atomic E-state index is -0.599. The molecule has 5 heteroatoms. The molecule has 1 aliphatic rings. The summed E-state index contributed by atoms with van der Waals surface area (Å²) in [6.07, 6.45) is 2.14. The minimum Gasteiger partial charge on any atom is -0.468 e. The largest absolute Gasteiger partial charge is 0.468 e. The van der Waals surface area contributed by atoms with Crippen LogP contribution in [0.25, 0.3) is 0 Å². The third-order valence-electron chi connectivity index (χ3n) is 3.56. The second kappa shape index (κ2) is 6.16. The summed E-state index contributed by atoms with van der Waals surface area (Å²) in [6.45, 7) is 0. The van der Waals surface area contributed by atoms with Gasteiger partial charge in [0.05, 0.1) is 12.1 Å². The molecule has 0 amide bonds. The van der Waals surface area contributed by atoms with E-state index in [0.29, 0.717) is 11.7 Å². The fraction of sp³-hybridized carbons (Fsp3) is 0.500. The molecule has 0 aromatic heterocycles. The maximum absolute atomic E-state index is 12.1. The molecule has 1 fully saturated rings. The standard InChI is InChI=1S/C14H18ClNO2S/c1-16-14(10-7-8-10,13(17)18-2)9-19-12-6-4-3-5-11(12)15/h3-6,10,16H,7-9H2,1-2H3. The van der Waals surface area contributed by atoms with Gasteiger partial charge in [0.25, 0.3) is 0 Å². The van der Waals surface area contributed by atoms with E-state index in [1.54, 1.807) is 11.8 Å². The lowest BCUT2D eigenvalue weighted by atomic mass is 9.96. The average molecular weight is 300 g/mol. The van der Waals surface area contributed by atoms with Crippen molar-refractivity contribution in [2.75, 3.05) is 19.9 Å². The van der Waals surface area contributed by atoms with E-state index in [0.717, 1.165) is 22.8 Å². The van der Waals surface area contributed by atoms with E-state index < -0.39 is 5.54 Å². The van der Waals surface area contributed by atoms with Crippen LogP contribution in [0.2, 0.25) is 5.02 Å². The first-order valence-corrected chi connectivity index (χ1v) is 7.65. The van der Waals surface area contributed by atoms with Gasteiger partial charge >= 0.3 is 5.97 Å². The summed E-state index contributed by atoms with van der Waals surface area (Å²) in [5.74, 6) is 0.807. The van der Waals surface area contributed by atoms with Crippen molar-refractivity contribution in [3.8, 4) is 0 Å². The molecule has 1 aromatic carbocycles. The zero-order chi connectivity index (χ0) is 13.9. The number of hydrogen-bond donors (Lipinski definition) is 1. The number of likely N-dealkylation sites (N-methyl/N-ethyl adjacent to an activating group) is 1. The Morgan fingerprint density at radius 3 is 2.74 bits per heavy atom. The average Bonchev–Trinajstić information content (AvgIpc) is 3.26. The summed E-state index contributed by atoms with van der Waals surface area (Å²) in [5.41, 5.74) is -0.599. The maximum atomic E-state index is 12.1. The Morgan fingerprint density at radius 1 is 1.53 bits per heavy atom. The van der Waals surface area contributed by atoms with Gasteiger partial charge in [-0.05, 0) is 37.9 Å². The summed E-state index contributed by atoms with van der Waals surface area (Å²) in [4.78, 5) is 13.1. The normalized spacial score (nSPS) is 17.8. The third-order valence-corrected chi connectivity index (χ3v) is 5.27. The molecule has 3 nitrogen and oxygen atoms in total. The number of benzene rings is 1. The van der Waals surface area contributed by atoms with E-state index in [2.05, 4.69) is 5.32 Å². The van der Waals surface area contributed by atoms with Crippen molar-refractivity contribution in [3.63, 3.8) is 0 Å². The highest BCUT2D eigenvalue weighted by atomic mass is 35.5. The summed E-state index contributed by atoms with van der Waals surface area (Å²) in [5, 5.41) is 3.90. The summed E-state index contributed by atoms with van der Waals surface area (Å²) in [7, 11) is 3.26. The van der Waals surface area contributed by atoms with Crippen LogP contribution in [0.4, 0.5) is 0 Å². The van der Waals surface area contributed by atoms with Crippen molar-refractivity contribution in [2.24, 2.45) is 5.92 Å². The Morgan fingerprint density at radius 2 is 2.21 bits per heavy atom. The molecule has 0 radical (unpaired) electrons. The van der Waals surface area contributed by atoms with E-state index in [-0.39, 0.29) is 5.97 Å². The zero-order valence-electron chi connectivity index (χ0n) is 11.1. The van der Waals surface area contributed by atoms with Crippen molar-refractivity contribution in [3.05, 3.63) is 29.3 Å². The number of hydrogen-bond acceptors (Lipinski definition) is 4. The van der Waals surface area contributed by atoms with Crippen LogP contribution in [-0.2, 0) is 9.53 Å². The highest BCUT2D eigenvalue weighted by Gasteiger charge is 2.50. The van der Waals surface area contributed by atoms with Crippen LogP contribution in [0.1, 0.15) is 12.8 Å². The Labute approximate surface area is 123 Å². The summed E-state index contributed by atoms with van der Waals surface area (Å²) >= 11 is 7.74. The highest BCUT2D eigenvalue weighted by Crippen LogP contribution is 2.43. The van der Waals surface area contributed by atoms with Gasteiger partial charge < -0.3 is 10.1 Å². The van der Waals surface area contributed by atoms with Crippen molar-refractivity contribution in [1.29, 1.82) is 0 Å². The lowest BCUT2D eigenvalue weighted by Gasteiger charge is -2.30. The molecule has 104 valence electrons. The molecule has 1 unspecified atom stereocenters. The topological polar surface area (TPSA) is 38.3 Å². The smallest absolute Gasteiger partial charge is 0.327 e. The lowest BCUT2D eigenvalue weighted by molar-refractivity contribution is -0.148. The van der Waals surface area contributed by atoms with E-state index >= 15 is 0 Å². The first kappa shape index (κ1) is 14.7. The summed E-state index contributed by atoms with van der Waals surface area (Å²) < 4.78 is 4.98. The molecule has 0 spiro atoms. The Balaban J connectivity index is 2.13. The molecule has 1 atom stereocenters. The number of halogens is 1. The molecule has 1 N–H and O–H groups in total. The highest BCUT2D eigenvalue weighted by molar-refractivity contribution is 7.99. The Hall–Kier alpha value is -0.710. The molecule has 1 saturated carbocycles. The Kier molecular flexibility index (Phi) is 4.76. The van der Waals surface area contributed by atoms with Gasteiger partial charge in [-0.3, -0.25) is 4.79 Å². The van der Waals surface area contributed by atoms with Gasteiger partial charge in [0.1, 0.15) is 5.54 Å². The number of methoxy groups -OCH3 is 1.